The van der Waals surface area contributed by atoms with Gasteiger partial charge in [-0.2, -0.15) is 5.10 Å². The molecular weight excluding hydrogens is 424 g/mol. The summed E-state index contributed by atoms with van der Waals surface area (Å²) in [5.41, 5.74) is 4.68. The van der Waals surface area contributed by atoms with Gasteiger partial charge in [0, 0.05) is 61.4 Å². The molecule has 0 spiro atoms. The third-order valence-corrected chi connectivity index (χ3v) is 5.98. The van der Waals surface area contributed by atoms with Crippen molar-refractivity contribution in [1.82, 2.24) is 19.9 Å². The normalized spacial score (nSPS) is 14.0. The molecule has 0 radical (unpaired) electrons. The molecule has 1 amide bonds. The lowest BCUT2D eigenvalue weighted by Gasteiger charge is -2.29. The number of halogens is 1. The molecule has 5 rings (SSSR count). The lowest BCUT2D eigenvalue weighted by molar-refractivity contribution is 0.0988. The highest BCUT2D eigenvalue weighted by atomic mass is 35.5. The number of aromatic nitrogens is 3. The summed E-state index contributed by atoms with van der Waals surface area (Å²) < 4.78 is 1.66. The van der Waals surface area contributed by atoms with Crippen LogP contribution >= 0.6 is 11.6 Å². The van der Waals surface area contributed by atoms with Crippen LogP contribution in [0, 0.1) is 0 Å². The van der Waals surface area contributed by atoms with Crippen LogP contribution in [0.4, 0.5) is 11.4 Å². The van der Waals surface area contributed by atoms with Crippen molar-refractivity contribution in [3.05, 3.63) is 77.7 Å². The molecule has 3 heterocycles. The fourth-order valence-corrected chi connectivity index (χ4v) is 4.14. The highest BCUT2D eigenvalue weighted by Crippen LogP contribution is 2.26. The third kappa shape index (κ3) is 3.92. The Morgan fingerprint density at radius 1 is 1.09 bits per heavy atom. The Labute approximate surface area is 191 Å². The van der Waals surface area contributed by atoms with Gasteiger partial charge in [0.15, 0.2) is 5.65 Å². The fraction of sp³-hybridized carbons (Fsp3) is 0.208. The molecule has 162 valence electrons. The zero-order valence-electron chi connectivity index (χ0n) is 17.7. The lowest BCUT2D eigenvalue weighted by atomic mass is 10.1. The van der Waals surface area contributed by atoms with Crippen LogP contribution in [0.25, 0.3) is 16.8 Å². The van der Waals surface area contributed by atoms with Crippen molar-refractivity contribution in [3.63, 3.8) is 0 Å². The number of carbonyl (C=O) groups excluding carboxylic acids is 1. The zero-order valence-corrected chi connectivity index (χ0v) is 18.5. The van der Waals surface area contributed by atoms with Gasteiger partial charge in [-0.3, -0.25) is 4.79 Å². The van der Waals surface area contributed by atoms with Crippen molar-refractivity contribution < 1.29 is 4.79 Å². The maximum absolute atomic E-state index is 13.2. The molecule has 32 heavy (non-hydrogen) atoms. The summed E-state index contributed by atoms with van der Waals surface area (Å²) in [6.07, 6.45) is 3.49. The molecule has 7 nitrogen and oxygen atoms in total. The van der Waals surface area contributed by atoms with Crippen LogP contribution in [0.3, 0.4) is 0 Å². The van der Waals surface area contributed by atoms with Gasteiger partial charge < -0.3 is 15.1 Å². The summed E-state index contributed by atoms with van der Waals surface area (Å²) in [6.45, 7) is 3.94. The fourth-order valence-electron chi connectivity index (χ4n) is 3.95. The van der Waals surface area contributed by atoms with Crippen molar-refractivity contribution in [1.29, 1.82) is 0 Å². The number of amides is 1. The van der Waals surface area contributed by atoms with Crippen LogP contribution in [0.15, 0.2) is 67.0 Å². The van der Waals surface area contributed by atoms with Gasteiger partial charge in [-0.25, -0.2) is 9.50 Å². The number of hydrogen-bond acceptors (Lipinski definition) is 5. The Morgan fingerprint density at radius 2 is 1.88 bits per heavy atom. The molecule has 1 aliphatic rings. The van der Waals surface area contributed by atoms with E-state index in [2.05, 4.69) is 32.4 Å². The van der Waals surface area contributed by atoms with Crippen molar-refractivity contribution >= 4 is 34.5 Å². The van der Waals surface area contributed by atoms with E-state index < -0.39 is 0 Å². The third-order valence-electron chi connectivity index (χ3n) is 5.75. The van der Waals surface area contributed by atoms with Gasteiger partial charge in [0.1, 0.15) is 5.69 Å². The quantitative estimate of drug-likeness (QED) is 0.517. The molecule has 2 aromatic heterocycles. The van der Waals surface area contributed by atoms with Gasteiger partial charge in [0.25, 0.3) is 5.91 Å². The predicted molar refractivity (Wildman–Crippen MR) is 128 cm³/mol. The van der Waals surface area contributed by atoms with Crippen molar-refractivity contribution in [3.8, 4) is 11.1 Å². The van der Waals surface area contributed by atoms with E-state index in [0.29, 0.717) is 16.4 Å². The molecule has 1 fully saturated rings. The van der Waals surface area contributed by atoms with Gasteiger partial charge in [0.05, 0.1) is 6.20 Å². The maximum Gasteiger partial charge on any atom is 0.276 e. The summed E-state index contributed by atoms with van der Waals surface area (Å²) in [7, 11) is 1.77. The lowest BCUT2D eigenvalue weighted by Crippen LogP contribution is -2.43. The molecule has 0 saturated carbocycles. The smallest absolute Gasteiger partial charge is 0.276 e. The van der Waals surface area contributed by atoms with Gasteiger partial charge in [-0.15, -0.1) is 0 Å². The number of piperazine rings is 1. The average molecular weight is 447 g/mol. The summed E-state index contributed by atoms with van der Waals surface area (Å²) in [5, 5.41) is 8.36. The van der Waals surface area contributed by atoms with Gasteiger partial charge in [-0.1, -0.05) is 23.7 Å². The molecule has 4 aromatic rings. The first kappa shape index (κ1) is 20.5. The number of hydrogen-bond donors (Lipinski definition) is 1. The maximum atomic E-state index is 13.2. The van der Waals surface area contributed by atoms with Crippen molar-refractivity contribution in [2.45, 2.75) is 0 Å². The highest BCUT2D eigenvalue weighted by Gasteiger charge is 2.18. The van der Waals surface area contributed by atoms with Gasteiger partial charge in [-0.05, 0) is 48.0 Å². The summed E-state index contributed by atoms with van der Waals surface area (Å²) in [5.74, 6) is -0.180. The zero-order chi connectivity index (χ0) is 22.1. The summed E-state index contributed by atoms with van der Waals surface area (Å²) >= 11 is 6.15. The van der Waals surface area contributed by atoms with Gasteiger partial charge in [0.2, 0.25) is 0 Å². The predicted octanol–water partition coefficient (Wildman–Crippen LogP) is 3.74. The number of anilines is 2. The van der Waals surface area contributed by atoms with Crippen LogP contribution in [-0.2, 0) is 0 Å². The van der Waals surface area contributed by atoms with E-state index in [9.17, 15) is 4.79 Å². The van der Waals surface area contributed by atoms with E-state index in [1.807, 2.05) is 36.4 Å². The second kappa shape index (κ2) is 8.61. The van der Waals surface area contributed by atoms with E-state index in [0.717, 1.165) is 43.0 Å². The van der Waals surface area contributed by atoms with Gasteiger partial charge >= 0.3 is 0 Å². The highest BCUT2D eigenvalue weighted by molar-refractivity contribution is 6.30. The second-order valence-electron chi connectivity index (χ2n) is 7.77. The Bertz CT molecular complexity index is 1260. The summed E-state index contributed by atoms with van der Waals surface area (Å²) in [4.78, 5) is 21.8. The van der Waals surface area contributed by atoms with Crippen LogP contribution in [-0.4, -0.2) is 53.7 Å². The van der Waals surface area contributed by atoms with E-state index in [-0.39, 0.29) is 5.91 Å². The molecule has 1 aliphatic heterocycles. The van der Waals surface area contributed by atoms with E-state index >= 15 is 0 Å². The Morgan fingerprint density at radius 3 is 2.62 bits per heavy atom. The topological polar surface area (TPSA) is 65.8 Å². The number of fused-ring (bicyclic) bond motifs is 1. The van der Waals surface area contributed by atoms with Crippen LogP contribution in [0.2, 0.25) is 5.02 Å². The molecule has 1 N–H and O–H groups in total. The molecule has 0 aliphatic carbocycles. The molecule has 0 bridgehead atoms. The molecular formula is C24H23ClN6O. The summed E-state index contributed by atoms with van der Waals surface area (Å²) in [6, 6.07) is 17.3. The SMILES string of the molecule is CN(C(=O)c1ccn2ncc(-c3cccc(Cl)c3)c2n1)c1ccc(N2CCNCC2)cc1. The molecule has 0 unspecified atom stereocenters. The Hall–Kier alpha value is -3.42. The van der Waals surface area contributed by atoms with Crippen LogP contribution in [0.1, 0.15) is 10.5 Å². The Balaban J connectivity index is 1.41. The molecule has 0 atom stereocenters. The van der Waals surface area contributed by atoms with E-state index in [4.69, 9.17) is 11.6 Å². The molecule has 8 heteroatoms. The number of nitrogens with zero attached hydrogens (tertiary/aromatic N) is 5. The minimum absolute atomic E-state index is 0.180. The van der Waals surface area contributed by atoms with Crippen LogP contribution < -0.4 is 15.1 Å². The number of benzene rings is 2. The molecule has 2 aromatic carbocycles. The standard InChI is InChI=1S/C24H23ClN6O/c1-29(19-5-7-20(8-6-19)30-13-10-26-11-14-30)24(32)22-9-12-31-23(28-22)21(16-27-31)17-3-2-4-18(25)15-17/h2-9,12,15-16,26H,10-11,13-14H2,1H3. The number of nitrogens with one attached hydrogen (secondary N) is 1. The minimum atomic E-state index is -0.180. The van der Waals surface area contributed by atoms with E-state index in [1.54, 1.807) is 34.9 Å². The first-order valence-corrected chi connectivity index (χ1v) is 10.9. The van der Waals surface area contributed by atoms with Crippen molar-refractivity contribution in [2.24, 2.45) is 0 Å². The Kier molecular flexibility index (Phi) is 5.51. The van der Waals surface area contributed by atoms with Crippen molar-refractivity contribution in [2.75, 3.05) is 43.0 Å². The molecule has 1 saturated heterocycles. The second-order valence-corrected chi connectivity index (χ2v) is 8.20. The number of rotatable bonds is 4. The van der Waals surface area contributed by atoms with E-state index in [1.165, 1.54) is 5.69 Å². The first-order valence-electron chi connectivity index (χ1n) is 10.5. The number of carbonyl (C=O) groups is 1. The average Bonchev–Trinajstić information content (AvgIpc) is 3.27. The first-order chi connectivity index (χ1) is 15.6. The minimum Gasteiger partial charge on any atom is -0.369 e. The van der Waals surface area contributed by atoms with Crippen LogP contribution in [0.5, 0.6) is 0 Å². The monoisotopic (exact) mass is 446 g/mol. The largest absolute Gasteiger partial charge is 0.369 e.